The smallest absolute Gasteiger partial charge is 0.245 e. The molecule has 7 nitrogen and oxygen atoms in total. The van der Waals surface area contributed by atoms with Crippen molar-refractivity contribution in [2.75, 3.05) is 19.6 Å². The van der Waals surface area contributed by atoms with Gasteiger partial charge in [-0.15, -0.1) is 5.10 Å². The zero-order chi connectivity index (χ0) is 18.4. The van der Waals surface area contributed by atoms with Gasteiger partial charge in [0.2, 0.25) is 5.91 Å². The summed E-state index contributed by atoms with van der Waals surface area (Å²) in [6.07, 6.45) is 3.66. The Morgan fingerprint density at radius 1 is 1.50 bits per heavy atom. The van der Waals surface area contributed by atoms with E-state index in [0.29, 0.717) is 24.7 Å². The highest BCUT2D eigenvalue weighted by molar-refractivity contribution is 5.80. The number of carbonyl (C=O) groups excluding carboxylic acids is 1. The molecule has 0 saturated carbocycles. The van der Waals surface area contributed by atoms with Gasteiger partial charge in [-0.1, -0.05) is 12.1 Å². The lowest BCUT2D eigenvalue weighted by Crippen LogP contribution is -2.37. The monoisotopic (exact) mass is 360 g/mol. The minimum absolute atomic E-state index is 0.145. The summed E-state index contributed by atoms with van der Waals surface area (Å²) >= 11 is 0. The van der Waals surface area contributed by atoms with Gasteiger partial charge in [0.15, 0.2) is 0 Å². The fraction of sp³-hybridized carbons (Fsp3) is 0.556. The van der Waals surface area contributed by atoms with Gasteiger partial charge in [0.25, 0.3) is 0 Å². The summed E-state index contributed by atoms with van der Waals surface area (Å²) in [6, 6.07) is 5.67. The number of aryl methyl sites for hydroxylation is 1. The van der Waals surface area contributed by atoms with Gasteiger partial charge in [0, 0.05) is 13.0 Å². The number of hydrogen-bond donors (Lipinski definition) is 2. The SMILES string of the molecule is Cc1nnnn1C(Cc1cccc(F)c1)C(=O)NCCC1CCCNC1. The van der Waals surface area contributed by atoms with Crippen molar-refractivity contribution in [3.8, 4) is 0 Å². The fourth-order valence-electron chi connectivity index (χ4n) is 3.39. The van der Waals surface area contributed by atoms with Gasteiger partial charge in [0.1, 0.15) is 17.7 Å². The lowest BCUT2D eigenvalue weighted by Gasteiger charge is -2.23. The van der Waals surface area contributed by atoms with Crippen molar-refractivity contribution >= 4 is 5.91 Å². The summed E-state index contributed by atoms with van der Waals surface area (Å²) in [4.78, 5) is 12.8. The quantitative estimate of drug-likeness (QED) is 0.780. The molecule has 1 aromatic carbocycles. The molecule has 8 heteroatoms. The first-order valence-corrected chi connectivity index (χ1v) is 9.11. The van der Waals surface area contributed by atoms with E-state index in [1.807, 2.05) is 0 Å². The minimum atomic E-state index is -0.601. The van der Waals surface area contributed by atoms with Crippen molar-refractivity contribution in [3.63, 3.8) is 0 Å². The molecular weight excluding hydrogens is 335 g/mol. The molecule has 0 radical (unpaired) electrons. The number of hydrogen-bond acceptors (Lipinski definition) is 5. The maximum atomic E-state index is 13.5. The van der Waals surface area contributed by atoms with Crippen LogP contribution >= 0.6 is 0 Å². The number of aromatic nitrogens is 4. The van der Waals surface area contributed by atoms with Crippen LogP contribution in [0.4, 0.5) is 4.39 Å². The molecule has 2 aromatic rings. The van der Waals surface area contributed by atoms with E-state index in [9.17, 15) is 9.18 Å². The van der Waals surface area contributed by atoms with Crippen LogP contribution in [0.5, 0.6) is 0 Å². The molecule has 1 fully saturated rings. The average Bonchev–Trinajstić information content (AvgIpc) is 3.06. The van der Waals surface area contributed by atoms with Crippen LogP contribution in [0.2, 0.25) is 0 Å². The van der Waals surface area contributed by atoms with Gasteiger partial charge in [-0.2, -0.15) is 0 Å². The molecule has 2 heterocycles. The summed E-state index contributed by atoms with van der Waals surface area (Å²) in [6.45, 7) is 4.46. The zero-order valence-electron chi connectivity index (χ0n) is 15.0. The Morgan fingerprint density at radius 2 is 2.38 bits per heavy atom. The Labute approximate surface area is 152 Å². The van der Waals surface area contributed by atoms with E-state index in [2.05, 4.69) is 26.2 Å². The van der Waals surface area contributed by atoms with Crippen molar-refractivity contribution in [1.82, 2.24) is 30.8 Å². The van der Waals surface area contributed by atoms with Gasteiger partial charge in [-0.05, 0) is 73.3 Å². The van der Waals surface area contributed by atoms with Gasteiger partial charge in [-0.25, -0.2) is 9.07 Å². The van der Waals surface area contributed by atoms with E-state index < -0.39 is 6.04 Å². The first-order valence-electron chi connectivity index (χ1n) is 9.11. The van der Waals surface area contributed by atoms with E-state index in [0.717, 1.165) is 25.1 Å². The lowest BCUT2D eigenvalue weighted by atomic mass is 9.96. The van der Waals surface area contributed by atoms with Crippen LogP contribution in [0, 0.1) is 18.7 Å². The van der Waals surface area contributed by atoms with E-state index in [1.165, 1.54) is 29.7 Å². The molecule has 140 valence electrons. The highest BCUT2D eigenvalue weighted by Gasteiger charge is 2.24. The molecule has 1 aliphatic heterocycles. The number of nitrogens with one attached hydrogen (secondary N) is 2. The molecule has 0 aliphatic carbocycles. The van der Waals surface area contributed by atoms with Gasteiger partial charge in [0.05, 0.1) is 0 Å². The van der Waals surface area contributed by atoms with Crippen LogP contribution in [0.25, 0.3) is 0 Å². The van der Waals surface area contributed by atoms with Crippen LogP contribution in [0.15, 0.2) is 24.3 Å². The van der Waals surface area contributed by atoms with Gasteiger partial charge >= 0.3 is 0 Å². The van der Waals surface area contributed by atoms with Crippen molar-refractivity contribution in [1.29, 1.82) is 0 Å². The van der Waals surface area contributed by atoms with Crippen molar-refractivity contribution < 1.29 is 9.18 Å². The predicted molar refractivity (Wildman–Crippen MR) is 94.9 cm³/mol. The van der Waals surface area contributed by atoms with Crippen LogP contribution in [-0.2, 0) is 11.2 Å². The molecule has 1 saturated heterocycles. The topological polar surface area (TPSA) is 84.7 Å². The van der Waals surface area contributed by atoms with Crippen LogP contribution in [0.3, 0.4) is 0 Å². The lowest BCUT2D eigenvalue weighted by molar-refractivity contribution is -0.124. The number of rotatable bonds is 7. The molecule has 2 N–H and O–H groups in total. The number of piperidine rings is 1. The molecule has 1 aromatic heterocycles. The maximum absolute atomic E-state index is 13.5. The van der Waals surface area contributed by atoms with Crippen molar-refractivity contribution in [3.05, 3.63) is 41.5 Å². The number of amides is 1. The first kappa shape index (κ1) is 18.4. The summed E-state index contributed by atoms with van der Waals surface area (Å²) in [5.41, 5.74) is 0.733. The third kappa shape index (κ3) is 4.85. The number of benzene rings is 1. The highest BCUT2D eigenvalue weighted by Crippen LogP contribution is 2.17. The molecule has 0 bridgehead atoms. The van der Waals surface area contributed by atoms with Crippen molar-refractivity contribution in [2.24, 2.45) is 5.92 Å². The zero-order valence-corrected chi connectivity index (χ0v) is 15.0. The normalized spacial score (nSPS) is 18.5. The molecule has 2 unspecified atom stereocenters. The molecule has 1 aliphatic rings. The van der Waals surface area contributed by atoms with Gasteiger partial charge in [-0.3, -0.25) is 4.79 Å². The van der Waals surface area contributed by atoms with Crippen LogP contribution < -0.4 is 10.6 Å². The third-order valence-corrected chi connectivity index (χ3v) is 4.82. The minimum Gasteiger partial charge on any atom is -0.354 e. The van der Waals surface area contributed by atoms with Crippen LogP contribution in [-0.4, -0.2) is 45.7 Å². The molecule has 0 spiro atoms. The second-order valence-electron chi connectivity index (χ2n) is 6.81. The Bertz CT molecular complexity index is 728. The van der Waals surface area contributed by atoms with Crippen LogP contribution in [0.1, 0.15) is 36.7 Å². The Hall–Kier alpha value is -2.35. The van der Waals surface area contributed by atoms with E-state index in [1.54, 1.807) is 19.1 Å². The summed E-state index contributed by atoms with van der Waals surface area (Å²) < 4.78 is 15.0. The number of nitrogens with zero attached hydrogens (tertiary/aromatic N) is 4. The Balaban J connectivity index is 1.64. The molecule has 3 rings (SSSR count). The maximum Gasteiger partial charge on any atom is 0.245 e. The van der Waals surface area contributed by atoms with E-state index in [-0.39, 0.29) is 11.7 Å². The average molecular weight is 360 g/mol. The predicted octanol–water partition coefficient (Wildman–Crippen LogP) is 1.41. The highest BCUT2D eigenvalue weighted by atomic mass is 19.1. The van der Waals surface area contributed by atoms with E-state index in [4.69, 9.17) is 0 Å². The first-order chi connectivity index (χ1) is 12.6. The standard InChI is InChI=1S/C18H25FN6O/c1-13-22-23-24-25(13)17(11-15-4-2-6-16(19)10-15)18(26)21-9-7-14-5-3-8-20-12-14/h2,4,6,10,14,17,20H,3,5,7-9,11-12H2,1H3,(H,21,26). The number of tetrazole rings is 1. The molecule has 26 heavy (non-hydrogen) atoms. The van der Waals surface area contributed by atoms with E-state index >= 15 is 0 Å². The molecular formula is C18H25FN6O. The summed E-state index contributed by atoms with van der Waals surface area (Å²) in [5.74, 6) is 0.687. The summed E-state index contributed by atoms with van der Waals surface area (Å²) in [7, 11) is 0. The Kier molecular flexibility index (Phi) is 6.27. The number of carbonyl (C=O) groups is 1. The second kappa shape index (κ2) is 8.84. The second-order valence-corrected chi connectivity index (χ2v) is 6.81. The van der Waals surface area contributed by atoms with Crippen molar-refractivity contribution in [2.45, 2.75) is 38.6 Å². The Morgan fingerprint density at radius 3 is 3.08 bits per heavy atom. The third-order valence-electron chi connectivity index (χ3n) is 4.82. The largest absolute Gasteiger partial charge is 0.354 e. The molecule has 1 amide bonds. The van der Waals surface area contributed by atoms with Gasteiger partial charge < -0.3 is 10.6 Å². The summed E-state index contributed by atoms with van der Waals surface area (Å²) in [5, 5.41) is 17.8. The molecule has 2 atom stereocenters. The fourth-order valence-corrected chi connectivity index (χ4v) is 3.39. The number of halogens is 1.